The van der Waals surface area contributed by atoms with Crippen LogP contribution in [0.2, 0.25) is 0 Å². The van der Waals surface area contributed by atoms with Crippen LogP contribution in [0.15, 0.2) is 54.7 Å². The predicted molar refractivity (Wildman–Crippen MR) is 110 cm³/mol. The molecule has 34 heavy (non-hydrogen) atoms. The average Bonchev–Trinajstić information content (AvgIpc) is 3.37. The smallest absolute Gasteiger partial charge is 0.332 e. The first kappa shape index (κ1) is 23.1. The van der Waals surface area contributed by atoms with Crippen LogP contribution in [0.25, 0.3) is 16.6 Å². The quantitative estimate of drug-likeness (QED) is 0.397. The van der Waals surface area contributed by atoms with Crippen molar-refractivity contribution >= 4 is 22.6 Å². The summed E-state index contributed by atoms with van der Waals surface area (Å²) in [6.07, 6.45) is -7.83. The predicted octanol–water partition coefficient (Wildman–Crippen LogP) is 5.12. The Morgan fingerprint density at radius 3 is 2.35 bits per heavy atom. The number of aryl methyl sites for hydroxylation is 1. The van der Waals surface area contributed by atoms with E-state index >= 15 is 0 Å². The van der Waals surface area contributed by atoms with Gasteiger partial charge in [-0.3, -0.25) is 4.68 Å². The summed E-state index contributed by atoms with van der Waals surface area (Å²) in [7, 11) is 1.73. The molecule has 0 aliphatic heterocycles. The fraction of sp³-hybridized carbons (Fsp3) is 0.190. The summed E-state index contributed by atoms with van der Waals surface area (Å²) in [6.45, 7) is -0.376. The molecule has 2 aromatic carbocycles. The maximum atomic E-state index is 13.2. The van der Waals surface area contributed by atoms with Gasteiger partial charge in [0, 0.05) is 12.4 Å². The zero-order chi connectivity index (χ0) is 24.7. The largest absolute Gasteiger partial charge is 0.435 e. The molecule has 0 fully saturated rings. The Kier molecular flexibility index (Phi) is 5.71. The fourth-order valence-corrected chi connectivity index (χ4v) is 3.32. The Labute approximate surface area is 188 Å². The fourth-order valence-electron chi connectivity index (χ4n) is 3.32. The van der Waals surface area contributed by atoms with Crippen LogP contribution in [0, 0.1) is 0 Å². The third-order valence-electron chi connectivity index (χ3n) is 4.98. The SMILES string of the molecule is Cn1ncc2c(NC(=O)NCc3cc(C(F)(F)F)nn3-c3ccc(C(F)(F)F)cc3)cccc21. The number of carbonyl (C=O) groups is 1. The summed E-state index contributed by atoms with van der Waals surface area (Å²) >= 11 is 0. The van der Waals surface area contributed by atoms with E-state index in [1.165, 1.54) is 0 Å². The third kappa shape index (κ3) is 4.67. The molecule has 0 unspecified atom stereocenters. The molecule has 0 atom stereocenters. The zero-order valence-corrected chi connectivity index (χ0v) is 17.4. The molecule has 2 heterocycles. The van der Waals surface area contributed by atoms with Crippen molar-refractivity contribution in [2.45, 2.75) is 18.9 Å². The Hall–Kier alpha value is -4.03. The van der Waals surface area contributed by atoms with Crippen molar-refractivity contribution in [3.63, 3.8) is 0 Å². The van der Waals surface area contributed by atoms with Crippen molar-refractivity contribution in [2.24, 2.45) is 7.05 Å². The van der Waals surface area contributed by atoms with Gasteiger partial charge in [-0.2, -0.15) is 36.5 Å². The van der Waals surface area contributed by atoms with Gasteiger partial charge in [0.25, 0.3) is 0 Å². The van der Waals surface area contributed by atoms with E-state index in [9.17, 15) is 31.1 Å². The standard InChI is InChI=1S/C21H16F6N6O/c1-32-17-4-2-3-16(15(17)11-29-32)30-19(34)28-10-14-9-18(21(25,26)27)31-33(14)13-7-5-12(6-8-13)20(22,23)24/h2-9,11H,10H2,1H3,(H2,28,30,34). The minimum atomic E-state index is -4.79. The molecule has 0 spiro atoms. The van der Waals surface area contributed by atoms with Crippen LogP contribution in [0.3, 0.4) is 0 Å². The van der Waals surface area contributed by atoms with Gasteiger partial charge in [-0.05, 0) is 42.5 Å². The second-order valence-corrected chi connectivity index (χ2v) is 7.29. The maximum absolute atomic E-state index is 13.2. The molecule has 7 nitrogen and oxygen atoms in total. The van der Waals surface area contributed by atoms with Crippen molar-refractivity contribution in [1.29, 1.82) is 0 Å². The molecule has 2 aromatic heterocycles. The van der Waals surface area contributed by atoms with Crippen LogP contribution in [-0.2, 0) is 25.9 Å². The van der Waals surface area contributed by atoms with Gasteiger partial charge in [0.2, 0.25) is 0 Å². The number of alkyl halides is 6. The number of hydrogen-bond acceptors (Lipinski definition) is 3. The topological polar surface area (TPSA) is 76.8 Å². The molecule has 2 amide bonds. The van der Waals surface area contributed by atoms with Crippen molar-refractivity contribution < 1.29 is 31.1 Å². The number of hydrogen-bond donors (Lipinski definition) is 2. The van der Waals surface area contributed by atoms with E-state index in [1.54, 1.807) is 36.1 Å². The molecule has 0 aliphatic rings. The Bertz CT molecular complexity index is 1340. The van der Waals surface area contributed by atoms with Crippen LogP contribution in [0.4, 0.5) is 36.8 Å². The summed E-state index contributed by atoms with van der Waals surface area (Å²) in [4.78, 5) is 12.4. The Morgan fingerprint density at radius 1 is 1.00 bits per heavy atom. The molecule has 2 N–H and O–H groups in total. The molecule has 0 radical (unpaired) electrons. The van der Waals surface area contributed by atoms with E-state index in [1.807, 2.05) is 0 Å². The number of urea groups is 1. The molecule has 0 aliphatic carbocycles. The van der Waals surface area contributed by atoms with Gasteiger partial charge in [-0.15, -0.1) is 0 Å². The molecule has 13 heteroatoms. The molecule has 0 bridgehead atoms. The number of nitrogens with zero attached hydrogens (tertiary/aromatic N) is 4. The van der Waals surface area contributed by atoms with Crippen molar-refractivity contribution in [3.05, 3.63) is 71.7 Å². The highest BCUT2D eigenvalue weighted by Gasteiger charge is 2.35. The summed E-state index contributed by atoms with van der Waals surface area (Å²) in [6, 6.07) is 8.64. The number of anilines is 1. The molecule has 0 saturated heterocycles. The van der Waals surface area contributed by atoms with E-state index in [4.69, 9.17) is 0 Å². The number of aromatic nitrogens is 4. The average molecular weight is 482 g/mol. The lowest BCUT2D eigenvalue weighted by Crippen LogP contribution is -2.29. The first-order chi connectivity index (χ1) is 15.9. The molecule has 0 saturated carbocycles. The van der Waals surface area contributed by atoms with E-state index in [0.717, 1.165) is 40.5 Å². The van der Waals surface area contributed by atoms with Crippen LogP contribution in [0.1, 0.15) is 17.0 Å². The first-order valence-corrected chi connectivity index (χ1v) is 9.73. The third-order valence-corrected chi connectivity index (χ3v) is 4.98. The molecule has 4 aromatic rings. The van der Waals surface area contributed by atoms with Gasteiger partial charge in [0.05, 0.1) is 40.9 Å². The lowest BCUT2D eigenvalue weighted by Gasteiger charge is -2.12. The van der Waals surface area contributed by atoms with Gasteiger partial charge in [-0.25, -0.2) is 9.48 Å². The van der Waals surface area contributed by atoms with Crippen LogP contribution in [0.5, 0.6) is 0 Å². The van der Waals surface area contributed by atoms with Gasteiger partial charge in [-0.1, -0.05) is 6.07 Å². The normalized spacial score (nSPS) is 12.2. The van der Waals surface area contributed by atoms with Crippen molar-refractivity contribution in [2.75, 3.05) is 5.32 Å². The lowest BCUT2D eigenvalue weighted by molar-refractivity contribution is -0.141. The van der Waals surface area contributed by atoms with Gasteiger partial charge >= 0.3 is 18.4 Å². The highest BCUT2D eigenvalue weighted by Crippen LogP contribution is 2.32. The molecule has 178 valence electrons. The van der Waals surface area contributed by atoms with Crippen LogP contribution < -0.4 is 10.6 Å². The van der Waals surface area contributed by atoms with Gasteiger partial charge < -0.3 is 10.6 Å². The second-order valence-electron chi connectivity index (χ2n) is 7.29. The molecular formula is C21H16F6N6O. The Balaban J connectivity index is 1.56. The number of fused-ring (bicyclic) bond motifs is 1. The number of halogens is 6. The maximum Gasteiger partial charge on any atom is 0.435 e. The minimum Gasteiger partial charge on any atom is -0.332 e. The molecule has 4 rings (SSSR count). The monoisotopic (exact) mass is 482 g/mol. The summed E-state index contributed by atoms with van der Waals surface area (Å²) in [5, 5.41) is 13.3. The number of rotatable bonds is 4. The summed E-state index contributed by atoms with van der Waals surface area (Å²) in [5.74, 6) is 0. The minimum absolute atomic E-state index is 0.0270. The number of amides is 2. The van der Waals surface area contributed by atoms with Crippen LogP contribution >= 0.6 is 0 Å². The number of nitrogens with one attached hydrogen (secondary N) is 2. The van der Waals surface area contributed by atoms with Crippen LogP contribution in [-0.4, -0.2) is 25.6 Å². The lowest BCUT2D eigenvalue weighted by atomic mass is 10.2. The van der Waals surface area contributed by atoms with E-state index < -0.39 is 29.6 Å². The Morgan fingerprint density at radius 2 is 1.71 bits per heavy atom. The molecular weight excluding hydrogens is 466 g/mol. The zero-order valence-electron chi connectivity index (χ0n) is 17.4. The van der Waals surface area contributed by atoms with E-state index in [0.29, 0.717) is 11.1 Å². The van der Waals surface area contributed by atoms with E-state index in [-0.39, 0.29) is 17.9 Å². The summed E-state index contributed by atoms with van der Waals surface area (Å²) in [5.41, 5.74) is -1.11. The van der Waals surface area contributed by atoms with Crippen molar-refractivity contribution in [3.8, 4) is 5.69 Å². The highest BCUT2D eigenvalue weighted by molar-refractivity contribution is 6.00. The van der Waals surface area contributed by atoms with Gasteiger partial charge in [0.15, 0.2) is 5.69 Å². The highest BCUT2D eigenvalue weighted by atomic mass is 19.4. The summed E-state index contributed by atoms with van der Waals surface area (Å²) < 4.78 is 80.6. The second kappa shape index (κ2) is 8.39. The first-order valence-electron chi connectivity index (χ1n) is 9.73. The number of benzene rings is 2. The van der Waals surface area contributed by atoms with Gasteiger partial charge in [0.1, 0.15) is 0 Å². The van der Waals surface area contributed by atoms with E-state index in [2.05, 4.69) is 20.8 Å². The van der Waals surface area contributed by atoms with Crippen molar-refractivity contribution in [1.82, 2.24) is 24.9 Å². The number of carbonyl (C=O) groups excluding carboxylic acids is 1.